The van der Waals surface area contributed by atoms with Gasteiger partial charge in [-0.2, -0.15) is 0 Å². The molecule has 0 aliphatic heterocycles. The van der Waals surface area contributed by atoms with Gasteiger partial charge in [-0.3, -0.25) is 4.79 Å². The lowest BCUT2D eigenvalue weighted by Crippen LogP contribution is -2.33. The summed E-state index contributed by atoms with van der Waals surface area (Å²) in [5, 5.41) is 2.95. The normalized spacial score (nSPS) is 10.2. The molecule has 4 heteroatoms. The Hall–Kier alpha value is -2.49. The second kappa shape index (κ2) is 9.60. The molecule has 128 valence electrons. The van der Waals surface area contributed by atoms with Crippen molar-refractivity contribution in [1.82, 2.24) is 0 Å². The summed E-state index contributed by atoms with van der Waals surface area (Å²) in [5.74, 6) is 0.753. The van der Waals surface area contributed by atoms with Crippen LogP contribution in [-0.2, 0) is 4.79 Å². The van der Waals surface area contributed by atoms with E-state index in [4.69, 9.17) is 4.74 Å². The molecule has 2 rings (SSSR count). The SMILES string of the molecule is CCCCOc1cccc(NC(=O)CN(CC)c2ccccc2)c1. The third kappa shape index (κ3) is 5.61. The van der Waals surface area contributed by atoms with Crippen molar-refractivity contribution in [3.8, 4) is 5.75 Å². The molecular weight excluding hydrogens is 300 g/mol. The van der Waals surface area contributed by atoms with Gasteiger partial charge in [-0.05, 0) is 37.6 Å². The third-order valence-electron chi connectivity index (χ3n) is 3.72. The van der Waals surface area contributed by atoms with Gasteiger partial charge in [0.15, 0.2) is 0 Å². The van der Waals surface area contributed by atoms with Crippen molar-refractivity contribution in [1.29, 1.82) is 0 Å². The Labute approximate surface area is 144 Å². The van der Waals surface area contributed by atoms with Gasteiger partial charge in [0.2, 0.25) is 5.91 Å². The lowest BCUT2D eigenvalue weighted by Gasteiger charge is -2.22. The molecule has 0 heterocycles. The Balaban J connectivity index is 1.92. The third-order valence-corrected chi connectivity index (χ3v) is 3.72. The second-order valence-electron chi connectivity index (χ2n) is 5.63. The van der Waals surface area contributed by atoms with Crippen LogP contribution in [0.5, 0.6) is 5.75 Å². The van der Waals surface area contributed by atoms with Gasteiger partial charge in [-0.15, -0.1) is 0 Å². The molecular formula is C20H26N2O2. The number of rotatable bonds is 9. The molecule has 0 saturated carbocycles. The highest BCUT2D eigenvalue weighted by atomic mass is 16.5. The van der Waals surface area contributed by atoms with Crippen LogP contribution in [0, 0.1) is 0 Å². The number of hydrogen-bond acceptors (Lipinski definition) is 3. The van der Waals surface area contributed by atoms with Crippen molar-refractivity contribution in [2.75, 3.05) is 29.9 Å². The maximum atomic E-state index is 12.3. The highest BCUT2D eigenvalue weighted by Gasteiger charge is 2.10. The molecule has 0 spiro atoms. The van der Waals surface area contributed by atoms with Crippen molar-refractivity contribution < 1.29 is 9.53 Å². The van der Waals surface area contributed by atoms with E-state index in [-0.39, 0.29) is 5.91 Å². The fraction of sp³-hybridized carbons (Fsp3) is 0.350. The van der Waals surface area contributed by atoms with E-state index in [9.17, 15) is 4.79 Å². The maximum Gasteiger partial charge on any atom is 0.243 e. The summed E-state index contributed by atoms with van der Waals surface area (Å²) in [6, 6.07) is 17.5. The first kappa shape index (κ1) is 17.9. The highest BCUT2D eigenvalue weighted by Crippen LogP contribution is 2.18. The molecule has 0 bridgehead atoms. The van der Waals surface area contributed by atoms with E-state index < -0.39 is 0 Å². The highest BCUT2D eigenvalue weighted by molar-refractivity contribution is 5.94. The molecule has 0 aliphatic carbocycles. The van der Waals surface area contributed by atoms with Crippen LogP contribution in [0.1, 0.15) is 26.7 Å². The number of carbonyl (C=O) groups excluding carboxylic acids is 1. The number of nitrogens with zero attached hydrogens (tertiary/aromatic N) is 1. The van der Waals surface area contributed by atoms with Crippen molar-refractivity contribution in [3.05, 3.63) is 54.6 Å². The zero-order valence-electron chi connectivity index (χ0n) is 14.5. The molecule has 1 N–H and O–H groups in total. The summed E-state index contributed by atoms with van der Waals surface area (Å²) in [6.45, 7) is 5.97. The molecule has 0 atom stereocenters. The van der Waals surface area contributed by atoms with Crippen LogP contribution >= 0.6 is 0 Å². The fourth-order valence-corrected chi connectivity index (χ4v) is 2.40. The summed E-state index contributed by atoms with van der Waals surface area (Å²) < 4.78 is 5.68. The topological polar surface area (TPSA) is 41.6 Å². The first-order valence-corrected chi connectivity index (χ1v) is 8.55. The molecule has 0 saturated heterocycles. The lowest BCUT2D eigenvalue weighted by atomic mass is 10.2. The zero-order chi connectivity index (χ0) is 17.2. The number of anilines is 2. The summed E-state index contributed by atoms with van der Waals surface area (Å²) in [6.07, 6.45) is 2.13. The molecule has 0 fully saturated rings. The van der Waals surface area contributed by atoms with Gasteiger partial charge in [-0.1, -0.05) is 37.6 Å². The number of ether oxygens (including phenoxy) is 1. The number of hydrogen-bond donors (Lipinski definition) is 1. The Morgan fingerprint density at radius 3 is 2.58 bits per heavy atom. The van der Waals surface area contributed by atoms with Crippen molar-refractivity contribution in [3.63, 3.8) is 0 Å². The molecule has 0 radical (unpaired) electrons. The van der Waals surface area contributed by atoms with Crippen molar-refractivity contribution in [2.24, 2.45) is 0 Å². The largest absolute Gasteiger partial charge is 0.494 e. The standard InChI is InChI=1S/C20H26N2O2/c1-3-5-14-24-19-13-9-10-17(15-19)21-20(23)16-22(4-2)18-11-7-6-8-12-18/h6-13,15H,3-5,14,16H2,1-2H3,(H,21,23). The number of amides is 1. The minimum atomic E-state index is -0.0357. The number of nitrogens with one attached hydrogen (secondary N) is 1. The van der Waals surface area contributed by atoms with Crippen LogP contribution in [0.3, 0.4) is 0 Å². The van der Waals surface area contributed by atoms with Crippen LogP contribution in [0.4, 0.5) is 11.4 Å². The first-order chi connectivity index (χ1) is 11.7. The quantitative estimate of drug-likeness (QED) is 0.697. The number of benzene rings is 2. The first-order valence-electron chi connectivity index (χ1n) is 8.55. The Bertz CT molecular complexity index is 629. The number of likely N-dealkylation sites (N-methyl/N-ethyl adjacent to an activating group) is 1. The summed E-state index contributed by atoms with van der Waals surface area (Å²) in [4.78, 5) is 14.4. The van der Waals surface area contributed by atoms with Gasteiger partial charge in [0.25, 0.3) is 0 Å². The predicted molar refractivity (Wildman–Crippen MR) is 99.8 cm³/mol. The van der Waals surface area contributed by atoms with E-state index in [1.807, 2.05) is 66.4 Å². The lowest BCUT2D eigenvalue weighted by molar-refractivity contribution is -0.115. The average molecular weight is 326 g/mol. The van der Waals surface area contributed by atoms with E-state index in [1.165, 1.54) is 0 Å². The van der Waals surface area contributed by atoms with Crippen LogP contribution in [-0.4, -0.2) is 25.6 Å². The molecule has 1 amide bonds. The molecule has 4 nitrogen and oxygen atoms in total. The molecule has 2 aromatic rings. The predicted octanol–water partition coefficient (Wildman–Crippen LogP) is 4.33. The Morgan fingerprint density at radius 1 is 1.08 bits per heavy atom. The van der Waals surface area contributed by atoms with E-state index in [0.29, 0.717) is 13.2 Å². The van der Waals surface area contributed by atoms with Crippen molar-refractivity contribution >= 4 is 17.3 Å². The molecule has 0 unspecified atom stereocenters. The maximum absolute atomic E-state index is 12.3. The summed E-state index contributed by atoms with van der Waals surface area (Å²) in [7, 11) is 0. The van der Waals surface area contributed by atoms with E-state index in [1.54, 1.807) is 0 Å². The minimum Gasteiger partial charge on any atom is -0.494 e. The summed E-state index contributed by atoms with van der Waals surface area (Å²) >= 11 is 0. The smallest absolute Gasteiger partial charge is 0.243 e. The fourth-order valence-electron chi connectivity index (χ4n) is 2.40. The van der Waals surface area contributed by atoms with Gasteiger partial charge in [0.05, 0.1) is 13.2 Å². The number of carbonyl (C=O) groups is 1. The van der Waals surface area contributed by atoms with Gasteiger partial charge >= 0.3 is 0 Å². The van der Waals surface area contributed by atoms with E-state index >= 15 is 0 Å². The van der Waals surface area contributed by atoms with Crippen LogP contribution in [0.15, 0.2) is 54.6 Å². The Morgan fingerprint density at radius 2 is 1.88 bits per heavy atom. The summed E-state index contributed by atoms with van der Waals surface area (Å²) in [5.41, 5.74) is 1.81. The van der Waals surface area contributed by atoms with E-state index in [2.05, 4.69) is 12.2 Å². The second-order valence-corrected chi connectivity index (χ2v) is 5.63. The number of para-hydroxylation sites is 1. The molecule has 0 aliphatic rings. The zero-order valence-corrected chi connectivity index (χ0v) is 14.5. The van der Waals surface area contributed by atoms with Gasteiger partial charge < -0.3 is 15.0 Å². The number of unbranched alkanes of at least 4 members (excludes halogenated alkanes) is 1. The Kier molecular flexibility index (Phi) is 7.15. The average Bonchev–Trinajstić information content (AvgIpc) is 2.61. The molecule has 2 aromatic carbocycles. The van der Waals surface area contributed by atoms with Crippen molar-refractivity contribution in [2.45, 2.75) is 26.7 Å². The van der Waals surface area contributed by atoms with Gasteiger partial charge in [0.1, 0.15) is 5.75 Å². The van der Waals surface area contributed by atoms with Crippen LogP contribution < -0.4 is 15.0 Å². The molecule has 0 aromatic heterocycles. The van der Waals surface area contributed by atoms with Crippen LogP contribution in [0.2, 0.25) is 0 Å². The van der Waals surface area contributed by atoms with Gasteiger partial charge in [0, 0.05) is 24.0 Å². The molecule has 24 heavy (non-hydrogen) atoms. The van der Waals surface area contributed by atoms with E-state index in [0.717, 1.165) is 36.5 Å². The monoisotopic (exact) mass is 326 g/mol. The van der Waals surface area contributed by atoms with Crippen LogP contribution in [0.25, 0.3) is 0 Å². The minimum absolute atomic E-state index is 0.0357. The van der Waals surface area contributed by atoms with Gasteiger partial charge in [-0.25, -0.2) is 0 Å².